The summed E-state index contributed by atoms with van der Waals surface area (Å²) in [6.07, 6.45) is 4.01. The van der Waals surface area contributed by atoms with E-state index < -0.39 is 24.5 Å². The first-order chi connectivity index (χ1) is 11.0. The van der Waals surface area contributed by atoms with Gasteiger partial charge in [0.05, 0.1) is 5.69 Å². The maximum atomic E-state index is 12.0. The average molecular weight is 340 g/mol. The monoisotopic (exact) mass is 340 g/mol. The molecule has 3 N–H and O–H groups in total. The largest absolute Gasteiger partial charge is 0.452 e. The van der Waals surface area contributed by atoms with Gasteiger partial charge in [0.15, 0.2) is 6.61 Å². The lowest BCUT2D eigenvalue weighted by Crippen LogP contribution is -2.45. The standard InChI is InChI=1S/C14H20N4O4S/c1-8-11(12(15-2)23-18-8)13(20)22-7-10(19)17-14(21)16-9-5-3-4-6-9/h9,15H,3-7H2,1-2H3,(H2,16,17,19,21). The Labute approximate surface area is 138 Å². The number of hydrogen-bond donors (Lipinski definition) is 3. The van der Waals surface area contributed by atoms with Gasteiger partial charge >= 0.3 is 12.0 Å². The second kappa shape index (κ2) is 7.91. The number of nitrogens with zero attached hydrogens (tertiary/aromatic N) is 1. The number of ether oxygens (including phenoxy) is 1. The molecule has 0 radical (unpaired) electrons. The van der Waals surface area contributed by atoms with Crippen molar-refractivity contribution in [3.8, 4) is 0 Å². The summed E-state index contributed by atoms with van der Waals surface area (Å²) in [6, 6.07) is -0.440. The molecule has 1 aromatic rings. The highest BCUT2D eigenvalue weighted by molar-refractivity contribution is 7.10. The number of urea groups is 1. The highest BCUT2D eigenvalue weighted by atomic mass is 32.1. The molecule has 8 nitrogen and oxygen atoms in total. The molecule has 1 aliphatic carbocycles. The normalized spacial score (nSPS) is 14.3. The summed E-state index contributed by atoms with van der Waals surface area (Å²) >= 11 is 1.14. The number of imide groups is 1. The van der Waals surface area contributed by atoms with Crippen LogP contribution in [0, 0.1) is 6.92 Å². The maximum absolute atomic E-state index is 12.0. The number of carbonyl (C=O) groups is 3. The molecule has 0 atom stereocenters. The van der Waals surface area contributed by atoms with E-state index in [0.29, 0.717) is 16.3 Å². The average Bonchev–Trinajstić information content (AvgIpc) is 3.13. The molecule has 23 heavy (non-hydrogen) atoms. The predicted octanol–water partition coefficient (Wildman–Crippen LogP) is 1.42. The van der Waals surface area contributed by atoms with E-state index in [0.717, 1.165) is 37.2 Å². The van der Waals surface area contributed by atoms with E-state index in [1.54, 1.807) is 14.0 Å². The van der Waals surface area contributed by atoms with Crippen molar-refractivity contribution in [2.75, 3.05) is 19.0 Å². The van der Waals surface area contributed by atoms with E-state index in [1.165, 1.54) is 0 Å². The highest BCUT2D eigenvalue weighted by Gasteiger charge is 2.21. The summed E-state index contributed by atoms with van der Waals surface area (Å²) in [5.74, 6) is -1.31. The lowest BCUT2D eigenvalue weighted by molar-refractivity contribution is -0.123. The van der Waals surface area contributed by atoms with E-state index in [4.69, 9.17) is 4.74 Å². The van der Waals surface area contributed by atoms with E-state index in [1.807, 2.05) is 0 Å². The second-order valence-electron chi connectivity index (χ2n) is 5.30. The van der Waals surface area contributed by atoms with E-state index in [9.17, 15) is 14.4 Å². The summed E-state index contributed by atoms with van der Waals surface area (Å²) in [7, 11) is 1.67. The third-order valence-electron chi connectivity index (χ3n) is 3.57. The van der Waals surface area contributed by atoms with Crippen LogP contribution in [0.1, 0.15) is 41.7 Å². The Morgan fingerprint density at radius 1 is 1.30 bits per heavy atom. The molecule has 1 saturated carbocycles. The molecule has 0 aromatic carbocycles. The third kappa shape index (κ3) is 4.65. The van der Waals surface area contributed by atoms with Crippen molar-refractivity contribution in [2.24, 2.45) is 0 Å². The van der Waals surface area contributed by atoms with Gasteiger partial charge in [0.25, 0.3) is 5.91 Å². The first-order valence-electron chi connectivity index (χ1n) is 7.42. The van der Waals surface area contributed by atoms with E-state index in [-0.39, 0.29) is 6.04 Å². The maximum Gasteiger partial charge on any atom is 0.343 e. The summed E-state index contributed by atoms with van der Waals surface area (Å²) in [4.78, 5) is 35.3. The van der Waals surface area contributed by atoms with Gasteiger partial charge in [-0.3, -0.25) is 10.1 Å². The van der Waals surface area contributed by atoms with Crippen LogP contribution in [0.5, 0.6) is 0 Å². The van der Waals surface area contributed by atoms with Gasteiger partial charge in [0, 0.05) is 13.1 Å². The molecule has 0 spiro atoms. The molecule has 9 heteroatoms. The van der Waals surface area contributed by atoms with Crippen LogP contribution in [0.3, 0.4) is 0 Å². The molecular weight excluding hydrogens is 320 g/mol. The van der Waals surface area contributed by atoms with Gasteiger partial charge in [0.1, 0.15) is 10.6 Å². The van der Waals surface area contributed by atoms with E-state index >= 15 is 0 Å². The number of anilines is 1. The lowest BCUT2D eigenvalue weighted by atomic mass is 10.2. The topological polar surface area (TPSA) is 109 Å². The summed E-state index contributed by atoms with van der Waals surface area (Å²) in [5, 5.41) is 8.30. The zero-order valence-electron chi connectivity index (χ0n) is 13.1. The van der Waals surface area contributed by atoms with Crippen molar-refractivity contribution in [3.63, 3.8) is 0 Å². The zero-order chi connectivity index (χ0) is 16.8. The number of aryl methyl sites for hydroxylation is 1. The van der Waals surface area contributed by atoms with Crippen LogP contribution in [0.2, 0.25) is 0 Å². The molecule has 3 amide bonds. The van der Waals surface area contributed by atoms with Gasteiger partial charge in [-0.25, -0.2) is 9.59 Å². The minimum absolute atomic E-state index is 0.114. The molecule has 0 unspecified atom stereocenters. The van der Waals surface area contributed by atoms with Gasteiger partial charge in [-0.15, -0.1) is 0 Å². The van der Waals surface area contributed by atoms with Gasteiger partial charge in [-0.2, -0.15) is 4.37 Å². The third-order valence-corrected chi connectivity index (χ3v) is 4.53. The Kier molecular flexibility index (Phi) is 5.91. The first-order valence-corrected chi connectivity index (χ1v) is 8.20. The van der Waals surface area contributed by atoms with Crippen LogP contribution in [0.15, 0.2) is 0 Å². The number of carbonyl (C=O) groups excluding carboxylic acids is 3. The lowest BCUT2D eigenvalue weighted by Gasteiger charge is -2.12. The fourth-order valence-corrected chi connectivity index (χ4v) is 3.17. The minimum Gasteiger partial charge on any atom is -0.452 e. The summed E-state index contributed by atoms with van der Waals surface area (Å²) in [6.45, 7) is 1.17. The fraction of sp³-hybridized carbons (Fsp3) is 0.571. The van der Waals surface area contributed by atoms with Crippen molar-refractivity contribution in [3.05, 3.63) is 11.3 Å². The van der Waals surface area contributed by atoms with Crippen LogP contribution < -0.4 is 16.0 Å². The molecule has 0 saturated heterocycles. The molecule has 126 valence electrons. The van der Waals surface area contributed by atoms with Crippen LogP contribution in [0.25, 0.3) is 0 Å². The molecule has 2 rings (SSSR count). The predicted molar refractivity (Wildman–Crippen MR) is 85.6 cm³/mol. The van der Waals surface area contributed by atoms with Gasteiger partial charge in [0.2, 0.25) is 0 Å². The van der Waals surface area contributed by atoms with Crippen molar-refractivity contribution in [1.82, 2.24) is 15.0 Å². The van der Waals surface area contributed by atoms with Crippen LogP contribution in [-0.4, -0.2) is 42.0 Å². The SMILES string of the molecule is CNc1snc(C)c1C(=O)OCC(=O)NC(=O)NC1CCCC1. The van der Waals surface area contributed by atoms with Gasteiger partial charge in [-0.1, -0.05) is 12.8 Å². The molecule has 1 heterocycles. The molecule has 0 aliphatic heterocycles. The number of hydrogen-bond acceptors (Lipinski definition) is 7. The number of rotatable bonds is 5. The summed E-state index contributed by atoms with van der Waals surface area (Å²) in [5.41, 5.74) is 0.837. The molecule has 1 aromatic heterocycles. The van der Waals surface area contributed by atoms with Crippen molar-refractivity contribution in [2.45, 2.75) is 38.6 Å². The first kappa shape index (κ1) is 17.2. The molecule has 0 bridgehead atoms. The fourth-order valence-electron chi connectivity index (χ4n) is 2.44. The minimum atomic E-state index is -0.666. The quantitative estimate of drug-likeness (QED) is 0.699. The van der Waals surface area contributed by atoms with Crippen molar-refractivity contribution < 1.29 is 19.1 Å². The Bertz CT molecular complexity index is 596. The second-order valence-corrected chi connectivity index (χ2v) is 6.07. The smallest absolute Gasteiger partial charge is 0.343 e. The summed E-state index contributed by atoms with van der Waals surface area (Å²) < 4.78 is 8.99. The Morgan fingerprint density at radius 3 is 2.65 bits per heavy atom. The number of nitrogens with one attached hydrogen (secondary N) is 3. The highest BCUT2D eigenvalue weighted by Crippen LogP contribution is 2.24. The van der Waals surface area contributed by atoms with Crippen LogP contribution in [-0.2, 0) is 9.53 Å². The number of aromatic nitrogens is 1. The van der Waals surface area contributed by atoms with Gasteiger partial charge in [-0.05, 0) is 31.3 Å². The molecule has 1 fully saturated rings. The Morgan fingerprint density at radius 2 is 2.00 bits per heavy atom. The van der Waals surface area contributed by atoms with Gasteiger partial charge < -0.3 is 15.4 Å². The van der Waals surface area contributed by atoms with Crippen molar-refractivity contribution in [1.29, 1.82) is 0 Å². The number of amides is 3. The Hall–Kier alpha value is -2.16. The van der Waals surface area contributed by atoms with Crippen LogP contribution >= 0.6 is 11.5 Å². The molecular formula is C14H20N4O4S. The Balaban J connectivity index is 1.78. The zero-order valence-corrected chi connectivity index (χ0v) is 13.9. The number of esters is 1. The van der Waals surface area contributed by atoms with E-state index in [2.05, 4.69) is 20.3 Å². The molecule has 1 aliphatic rings. The van der Waals surface area contributed by atoms with Crippen molar-refractivity contribution >= 4 is 34.4 Å². The van der Waals surface area contributed by atoms with Crippen LogP contribution in [0.4, 0.5) is 9.80 Å².